The van der Waals surface area contributed by atoms with Crippen LogP contribution in [0.25, 0.3) is 0 Å². The monoisotopic (exact) mass is 304 g/mol. The van der Waals surface area contributed by atoms with Crippen LogP contribution in [0.15, 0.2) is 12.1 Å². The normalized spacial score (nSPS) is 21.6. The first kappa shape index (κ1) is 15.7. The first-order chi connectivity index (χ1) is 10.3. The third-order valence-corrected chi connectivity index (χ3v) is 5.06. The minimum atomic E-state index is -0.427. The van der Waals surface area contributed by atoms with Gasteiger partial charge in [-0.1, -0.05) is 20.8 Å². The van der Waals surface area contributed by atoms with Crippen LogP contribution in [0.5, 0.6) is 0 Å². The molecule has 122 valence electrons. The van der Waals surface area contributed by atoms with Gasteiger partial charge in [0.25, 0.3) is 0 Å². The molecule has 22 heavy (non-hydrogen) atoms. The number of aliphatic hydroxyl groups is 1. The highest BCUT2D eigenvalue weighted by Crippen LogP contribution is 2.33. The fourth-order valence-corrected chi connectivity index (χ4v) is 3.15. The molecule has 0 spiro atoms. The maximum Gasteiger partial charge on any atom is 0.151 e. The molecule has 3 rings (SSSR count). The van der Waals surface area contributed by atoms with Crippen LogP contribution < -0.4 is 4.90 Å². The lowest BCUT2D eigenvalue weighted by atomic mass is 9.79. The molecule has 2 fully saturated rings. The number of likely N-dealkylation sites (N-methyl/N-ethyl adjacent to an activating group) is 1. The van der Waals surface area contributed by atoms with Gasteiger partial charge in [-0.25, -0.2) is 0 Å². The fraction of sp³-hybridized carbons (Fsp3) is 0.765. The molecule has 2 aliphatic rings. The Morgan fingerprint density at radius 1 is 1.27 bits per heavy atom. The summed E-state index contributed by atoms with van der Waals surface area (Å²) in [6, 6.07) is 4.66. The Morgan fingerprint density at radius 2 is 1.95 bits per heavy atom. The standard InChI is InChI=1S/C17H28N4O/c1-16(2,3)14-6-7-15(19-18-14)21-10-13(11-21)20(4)12-17(22)8-5-9-17/h6-7,13,22H,5,8-12H2,1-4H3. The van der Waals surface area contributed by atoms with Crippen LogP contribution in [0.2, 0.25) is 0 Å². The summed E-state index contributed by atoms with van der Waals surface area (Å²) < 4.78 is 0. The highest BCUT2D eigenvalue weighted by molar-refractivity contribution is 5.42. The van der Waals surface area contributed by atoms with Crippen molar-refractivity contribution in [3.63, 3.8) is 0 Å². The molecular formula is C17H28N4O. The van der Waals surface area contributed by atoms with Crippen molar-refractivity contribution in [1.29, 1.82) is 0 Å². The Bertz CT molecular complexity index is 512. The zero-order chi connectivity index (χ0) is 16.0. The Labute approximate surface area is 133 Å². The van der Waals surface area contributed by atoms with Crippen molar-refractivity contribution in [1.82, 2.24) is 15.1 Å². The van der Waals surface area contributed by atoms with Crippen LogP contribution in [0.3, 0.4) is 0 Å². The van der Waals surface area contributed by atoms with E-state index in [4.69, 9.17) is 0 Å². The van der Waals surface area contributed by atoms with Crippen molar-refractivity contribution < 1.29 is 5.11 Å². The molecule has 0 aromatic carbocycles. The van der Waals surface area contributed by atoms with Gasteiger partial charge in [0.05, 0.1) is 11.3 Å². The van der Waals surface area contributed by atoms with Crippen molar-refractivity contribution in [3.8, 4) is 0 Å². The third kappa shape index (κ3) is 3.10. The minimum Gasteiger partial charge on any atom is -0.389 e. The molecule has 0 unspecified atom stereocenters. The average Bonchev–Trinajstić information content (AvgIpc) is 2.34. The van der Waals surface area contributed by atoms with Gasteiger partial charge in [0.15, 0.2) is 5.82 Å². The van der Waals surface area contributed by atoms with E-state index in [1.807, 2.05) is 0 Å². The van der Waals surface area contributed by atoms with Crippen LogP contribution in [0.4, 0.5) is 5.82 Å². The van der Waals surface area contributed by atoms with Gasteiger partial charge in [0.2, 0.25) is 0 Å². The summed E-state index contributed by atoms with van der Waals surface area (Å²) >= 11 is 0. The van der Waals surface area contributed by atoms with Crippen LogP contribution in [0.1, 0.15) is 45.7 Å². The second kappa shape index (κ2) is 5.46. The summed E-state index contributed by atoms with van der Waals surface area (Å²) in [5.41, 5.74) is 0.641. The van der Waals surface area contributed by atoms with E-state index >= 15 is 0 Å². The molecule has 1 saturated heterocycles. The Morgan fingerprint density at radius 3 is 2.41 bits per heavy atom. The van der Waals surface area contributed by atoms with Crippen molar-refractivity contribution >= 4 is 5.82 Å². The highest BCUT2D eigenvalue weighted by atomic mass is 16.3. The first-order valence-corrected chi connectivity index (χ1v) is 8.29. The lowest BCUT2D eigenvalue weighted by Crippen LogP contribution is -2.62. The van der Waals surface area contributed by atoms with E-state index < -0.39 is 5.60 Å². The van der Waals surface area contributed by atoms with E-state index in [9.17, 15) is 5.11 Å². The van der Waals surface area contributed by atoms with Crippen LogP contribution in [-0.2, 0) is 5.41 Å². The van der Waals surface area contributed by atoms with E-state index in [1.54, 1.807) is 0 Å². The average molecular weight is 304 g/mol. The maximum atomic E-state index is 10.3. The molecule has 1 saturated carbocycles. The number of anilines is 1. The van der Waals surface area contributed by atoms with E-state index in [2.05, 4.69) is 59.9 Å². The predicted molar refractivity (Wildman–Crippen MR) is 88.2 cm³/mol. The van der Waals surface area contributed by atoms with E-state index in [0.29, 0.717) is 6.04 Å². The summed E-state index contributed by atoms with van der Waals surface area (Å²) in [5.74, 6) is 0.958. The number of nitrogens with zero attached hydrogens (tertiary/aromatic N) is 4. The highest BCUT2D eigenvalue weighted by Gasteiger charge is 2.39. The molecule has 1 aliphatic carbocycles. The van der Waals surface area contributed by atoms with Gasteiger partial charge in [-0.15, -0.1) is 5.10 Å². The Hall–Kier alpha value is -1.20. The zero-order valence-corrected chi connectivity index (χ0v) is 14.2. The maximum absolute atomic E-state index is 10.3. The number of rotatable bonds is 4. The number of hydrogen-bond acceptors (Lipinski definition) is 5. The van der Waals surface area contributed by atoms with Gasteiger partial charge < -0.3 is 10.0 Å². The summed E-state index contributed by atoms with van der Waals surface area (Å²) in [5, 5.41) is 19.0. The van der Waals surface area contributed by atoms with Gasteiger partial charge in [0.1, 0.15) is 0 Å². The van der Waals surface area contributed by atoms with Crippen LogP contribution >= 0.6 is 0 Å². The third-order valence-electron chi connectivity index (χ3n) is 5.06. The number of hydrogen-bond donors (Lipinski definition) is 1. The molecule has 0 amide bonds. The molecular weight excluding hydrogens is 276 g/mol. The van der Waals surface area contributed by atoms with E-state index in [0.717, 1.165) is 50.4 Å². The zero-order valence-electron chi connectivity index (χ0n) is 14.2. The van der Waals surface area contributed by atoms with Gasteiger partial charge in [-0.2, -0.15) is 5.10 Å². The van der Waals surface area contributed by atoms with Crippen LogP contribution in [-0.4, -0.2) is 58.5 Å². The minimum absolute atomic E-state index is 0.0431. The number of aromatic nitrogens is 2. The van der Waals surface area contributed by atoms with Crippen molar-refractivity contribution in [2.45, 2.75) is 57.1 Å². The molecule has 5 nitrogen and oxygen atoms in total. The molecule has 1 aromatic heterocycles. The molecule has 1 aromatic rings. The van der Waals surface area contributed by atoms with E-state index in [-0.39, 0.29) is 5.41 Å². The van der Waals surface area contributed by atoms with Crippen LogP contribution in [0, 0.1) is 0 Å². The largest absolute Gasteiger partial charge is 0.389 e. The Kier molecular flexibility index (Phi) is 3.89. The molecule has 5 heteroatoms. The molecule has 0 atom stereocenters. The molecule has 1 aliphatic heterocycles. The topological polar surface area (TPSA) is 52.5 Å². The summed E-state index contributed by atoms with van der Waals surface area (Å²) in [6.45, 7) is 9.18. The lowest BCUT2D eigenvalue weighted by molar-refractivity contribution is -0.0629. The summed E-state index contributed by atoms with van der Waals surface area (Å²) in [6.07, 6.45) is 3.07. The summed E-state index contributed by atoms with van der Waals surface area (Å²) in [4.78, 5) is 4.55. The van der Waals surface area contributed by atoms with Crippen molar-refractivity contribution in [2.24, 2.45) is 0 Å². The second-order valence-electron chi connectivity index (χ2n) is 8.08. The van der Waals surface area contributed by atoms with Crippen molar-refractivity contribution in [3.05, 3.63) is 17.8 Å². The molecule has 0 radical (unpaired) electrons. The Balaban J connectivity index is 1.52. The molecule has 0 bridgehead atoms. The quantitative estimate of drug-likeness (QED) is 0.919. The van der Waals surface area contributed by atoms with Gasteiger partial charge in [0, 0.05) is 31.1 Å². The fourth-order valence-electron chi connectivity index (χ4n) is 3.15. The van der Waals surface area contributed by atoms with Crippen molar-refractivity contribution in [2.75, 3.05) is 31.6 Å². The summed E-state index contributed by atoms with van der Waals surface area (Å²) in [7, 11) is 2.12. The molecule has 1 N–H and O–H groups in total. The van der Waals surface area contributed by atoms with E-state index in [1.165, 1.54) is 0 Å². The molecule has 2 heterocycles. The van der Waals surface area contributed by atoms with Gasteiger partial charge in [-0.3, -0.25) is 4.90 Å². The van der Waals surface area contributed by atoms with Gasteiger partial charge >= 0.3 is 0 Å². The second-order valence-corrected chi connectivity index (χ2v) is 8.08. The van der Waals surface area contributed by atoms with Gasteiger partial charge in [-0.05, 0) is 38.4 Å². The smallest absolute Gasteiger partial charge is 0.151 e. The first-order valence-electron chi connectivity index (χ1n) is 8.29. The SMILES string of the molecule is CN(CC1(O)CCC1)C1CN(c2ccc(C(C)(C)C)nn2)C1. The predicted octanol–water partition coefficient (Wildman–Crippen LogP) is 1.81. The lowest BCUT2D eigenvalue weighted by Gasteiger charge is -2.48.